The van der Waals surface area contributed by atoms with Gasteiger partial charge in [0.2, 0.25) is 0 Å². The highest BCUT2D eigenvalue weighted by Gasteiger charge is 2.22. The summed E-state index contributed by atoms with van der Waals surface area (Å²) in [7, 11) is 1.36. The van der Waals surface area contributed by atoms with Crippen molar-refractivity contribution in [3.63, 3.8) is 0 Å². The summed E-state index contributed by atoms with van der Waals surface area (Å²) in [6.07, 6.45) is 2.25. The van der Waals surface area contributed by atoms with Gasteiger partial charge in [-0.25, -0.2) is 0 Å². The van der Waals surface area contributed by atoms with E-state index in [0.29, 0.717) is 12.1 Å². The van der Waals surface area contributed by atoms with Crippen molar-refractivity contribution in [1.29, 1.82) is 0 Å². The minimum Gasteiger partial charge on any atom is -0.469 e. The predicted molar refractivity (Wildman–Crippen MR) is 108 cm³/mol. The van der Waals surface area contributed by atoms with Gasteiger partial charge in [0.1, 0.15) is 5.69 Å². The van der Waals surface area contributed by atoms with Gasteiger partial charge in [-0.2, -0.15) is 5.10 Å². The number of esters is 1. The van der Waals surface area contributed by atoms with Gasteiger partial charge in [0.05, 0.1) is 13.0 Å². The van der Waals surface area contributed by atoms with Crippen LogP contribution in [0.3, 0.4) is 0 Å². The number of methoxy groups -OCH3 is 1. The number of aromatic nitrogens is 2. The average Bonchev–Trinajstić information content (AvgIpc) is 3.21. The lowest BCUT2D eigenvalue weighted by Gasteiger charge is -2.15. The maximum atomic E-state index is 12.4. The fourth-order valence-corrected chi connectivity index (χ4v) is 3.11. The fourth-order valence-electron chi connectivity index (χ4n) is 3.11. The molecule has 0 saturated heterocycles. The second kappa shape index (κ2) is 8.69. The molecule has 0 aliphatic heterocycles. The first kappa shape index (κ1) is 19.6. The molecular formula is C22H25N3O3. The third kappa shape index (κ3) is 4.57. The van der Waals surface area contributed by atoms with Crippen molar-refractivity contribution < 1.29 is 14.3 Å². The standard InChI is InChI=1S/C22H25N3O3/c1-15(2)25-11-10-20(24-25)21(26)23-14-19(22(27)28-3)13-16-8-9-17-6-4-5-7-18(17)12-16/h4-12,15,19H,13-14H2,1-3H3,(H,23,26). The Bertz CT molecular complexity index is 978. The van der Waals surface area contributed by atoms with Crippen LogP contribution in [0.2, 0.25) is 0 Å². The highest BCUT2D eigenvalue weighted by Crippen LogP contribution is 2.18. The van der Waals surface area contributed by atoms with Crippen molar-refractivity contribution >= 4 is 22.6 Å². The number of carbonyl (C=O) groups is 2. The van der Waals surface area contributed by atoms with Crippen molar-refractivity contribution in [2.24, 2.45) is 5.92 Å². The normalized spacial score (nSPS) is 12.1. The van der Waals surface area contributed by atoms with Crippen molar-refractivity contribution in [3.8, 4) is 0 Å². The molecule has 28 heavy (non-hydrogen) atoms. The lowest BCUT2D eigenvalue weighted by Crippen LogP contribution is -2.35. The van der Waals surface area contributed by atoms with Crippen LogP contribution in [-0.2, 0) is 16.0 Å². The first-order valence-electron chi connectivity index (χ1n) is 9.36. The third-order valence-corrected chi connectivity index (χ3v) is 4.71. The van der Waals surface area contributed by atoms with Gasteiger partial charge in [0.15, 0.2) is 0 Å². The number of hydrogen-bond acceptors (Lipinski definition) is 4. The van der Waals surface area contributed by atoms with Crippen molar-refractivity contribution in [2.75, 3.05) is 13.7 Å². The first-order valence-corrected chi connectivity index (χ1v) is 9.36. The Morgan fingerprint density at radius 2 is 1.86 bits per heavy atom. The van der Waals surface area contributed by atoms with Gasteiger partial charge in [-0.1, -0.05) is 42.5 Å². The molecule has 0 aliphatic carbocycles. The number of amides is 1. The molecule has 3 rings (SSSR count). The lowest BCUT2D eigenvalue weighted by molar-refractivity contribution is -0.145. The Kier molecular flexibility index (Phi) is 6.09. The van der Waals surface area contributed by atoms with E-state index in [1.54, 1.807) is 16.9 Å². The average molecular weight is 379 g/mol. The summed E-state index contributed by atoms with van der Waals surface area (Å²) in [6.45, 7) is 4.17. The van der Waals surface area contributed by atoms with Crippen LogP contribution in [0.1, 0.15) is 35.9 Å². The Hall–Kier alpha value is -3.15. The molecular weight excluding hydrogens is 354 g/mol. The number of fused-ring (bicyclic) bond motifs is 1. The molecule has 6 heteroatoms. The number of nitrogens with zero attached hydrogens (tertiary/aromatic N) is 2. The zero-order chi connectivity index (χ0) is 20.1. The topological polar surface area (TPSA) is 73.2 Å². The van der Waals surface area contributed by atoms with Crippen molar-refractivity contribution in [2.45, 2.75) is 26.3 Å². The van der Waals surface area contributed by atoms with E-state index < -0.39 is 5.92 Å². The fraction of sp³-hybridized carbons (Fsp3) is 0.318. The molecule has 1 N–H and O–H groups in total. The minimum atomic E-state index is -0.470. The molecule has 2 aromatic carbocycles. The molecule has 1 atom stereocenters. The van der Waals surface area contributed by atoms with E-state index in [1.165, 1.54) is 7.11 Å². The largest absolute Gasteiger partial charge is 0.469 e. The van der Waals surface area contributed by atoms with Gasteiger partial charge >= 0.3 is 5.97 Å². The predicted octanol–water partition coefficient (Wildman–Crippen LogP) is 3.38. The van der Waals surface area contributed by atoms with E-state index >= 15 is 0 Å². The summed E-state index contributed by atoms with van der Waals surface area (Å²) in [5.74, 6) is -1.12. The third-order valence-electron chi connectivity index (χ3n) is 4.71. The molecule has 0 fully saturated rings. The van der Waals surface area contributed by atoms with Crippen molar-refractivity contribution in [3.05, 3.63) is 66.0 Å². The minimum absolute atomic E-state index is 0.178. The van der Waals surface area contributed by atoms with E-state index in [4.69, 9.17) is 4.74 Å². The van der Waals surface area contributed by atoms with Crippen LogP contribution in [-0.4, -0.2) is 35.3 Å². The van der Waals surface area contributed by atoms with E-state index in [1.807, 2.05) is 50.2 Å². The van der Waals surface area contributed by atoms with Gasteiger partial charge in [-0.05, 0) is 42.7 Å². The molecule has 1 heterocycles. The van der Waals surface area contributed by atoms with Gasteiger partial charge in [-0.3, -0.25) is 14.3 Å². The van der Waals surface area contributed by atoms with E-state index in [0.717, 1.165) is 16.3 Å². The SMILES string of the molecule is COC(=O)C(CNC(=O)c1ccn(C(C)C)n1)Cc1ccc2ccccc2c1. The molecule has 1 aromatic heterocycles. The molecule has 0 saturated carbocycles. The maximum absolute atomic E-state index is 12.4. The Labute approximate surface area is 164 Å². The smallest absolute Gasteiger partial charge is 0.310 e. The summed E-state index contributed by atoms with van der Waals surface area (Å²) in [6, 6.07) is 16.0. The highest BCUT2D eigenvalue weighted by molar-refractivity contribution is 5.92. The van der Waals surface area contributed by atoms with Crippen LogP contribution < -0.4 is 5.32 Å². The zero-order valence-electron chi connectivity index (χ0n) is 16.4. The van der Waals surface area contributed by atoms with Crippen LogP contribution in [0, 0.1) is 5.92 Å². The number of ether oxygens (including phenoxy) is 1. The molecule has 0 aliphatic rings. The van der Waals surface area contributed by atoms with E-state index in [2.05, 4.69) is 16.5 Å². The summed E-state index contributed by atoms with van der Waals surface area (Å²) in [5, 5.41) is 9.33. The molecule has 1 amide bonds. The number of nitrogens with one attached hydrogen (secondary N) is 1. The van der Waals surface area contributed by atoms with Gasteiger partial charge in [0.25, 0.3) is 5.91 Å². The van der Waals surface area contributed by atoms with Gasteiger partial charge in [-0.15, -0.1) is 0 Å². The molecule has 0 radical (unpaired) electrons. The van der Waals surface area contributed by atoms with Crippen LogP contribution in [0.25, 0.3) is 10.8 Å². The number of hydrogen-bond donors (Lipinski definition) is 1. The molecule has 0 bridgehead atoms. The lowest BCUT2D eigenvalue weighted by atomic mass is 9.97. The van der Waals surface area contributed by atoms with E-state index in [9.17, 15) is 9.59 Å². The first-order chi connectivity index (χ1) is 13.5. The molecule has 6 nitrogen and oxygen atoms in total. The van der Waals surface area contributed by atoms with Crippen LogP contribution >= 0.6 is 0 Å². The summed E-state index contributed by atoms with van der Waals surface area (Å²) < 4.78 is 6.66. The van der Waals surface area contributed by atoms with Crippen LogP contribution in [0.15, 0.2) is 54.7 Å². The number of rotatable bonds is 7. The van der Waals surface area contributed by atoms with Gasteiger partial charge in [0, 0.05) is 18.8 Å². The van der Waals surface area contributed by atoms with Crippen LogP contribution in [0.4, 0.5) is 0 Å². The summed E-state index contributed by atoms with van der Waals surface area (Å²) in [4.78, 5) is 24.6. The maximum Gasteiger partial charge on any atom is 0.310 e. The quantitative estimate of drug-likeness (QED) is 0.639. The molecule has 146 valence electrons. The Balaban J connectivity index is 1.69. The zero-order valence-corrected chi connectivity index (χ0v) is 16.4. The van der Waals surface area contributed by atoms with Crippen LogP contribution in [0.5, 0.6) is 0 Å². The summed E-state index contributed by atoms with van der Waals surface area (Å²) in [5.41, 5.74) is 1.36. The Morgan fingerprint density at radius 3 is 2.54 bits per heavy atom. The number of benzene rings is 2. The molecule has 3 aromatic rings. The van der Waals surface area contributed by atoms with E-state index in [-0.39, 0.29) is 24.5 Å². The second-order valence-electron chi connectivity index (χ2n) is 7.09. The van der Waals surface area contributed by atoms with Gasteiger partial charge < -0.3 is 10.1 Å². The van der Waals surface area contributed by atoms with Crippen molar-refractivity contribution in [1.82, 2.24) is 15.1 Å². The molecule has 1 unspecified atom stereocenters. The summed E-state index contributed by atoms with van der Waals surface area (Å²) >= 11 is 0. The molecule has 0 spiro atoms. The Morgan fingerprint density at radius 1 is 1.11 bits per heavy atom. The second-order valence-corrected chi connectivity index (χ2v) is 7.09. The highest BCUT2D eigenvalue weighted by atomic mass is 16.5. The monoisotopic (exact) mass is 379 g/mol. The number of carbonyl (C=O) groups excluding carboxylic acids is 2.